The van der Waals surface area contributed by atoms with Crippen LogP contribution in [0.1, 0.15) is 19.3 Å². The van der Waals surface area contributed by atoms with Gasteiger partial charge in [0.15, 0.2) is 5.82 Å². The van der Waals surface area contributed by atoms with Crippen LogP contribution in [0, 0.1) is 24.3 Å². The van der Waals surface area contributed by atoms with Crippen molar-refractivity contribution < 1.29 is 4.74 Å². The van der Waals surface area contributed by atoms with Gasteiger partial charge in [-0.1, -0.05) is 6.07 Å². The number of aromatic nitrogens is 4. The van der Waals surface area contributed by atoms with Gasteiger partial charge in [-0.05, 0) is 55.2 Å². The summed E-state index contributed by atoms with van der Waals surface area (Å²) in [5.41, 5.74) is 3.14. The highest BCUT2D eigenvalue weighted by atomic mass is 16.5. The molecule has 2 aliphatic heterocycles. The Labute approximate surface area is 193 Å². The summed E-state index contributed by atoms with van der Waals surface area (Å²) in [6.07, 6.45) is 5.47. The zero-order valence-electron chi connectivity index (χ0n) is 18.9. The van der Waals surface area contributed by atoms with E-state index in [1.807, 2.05) is 31.4 Å². The molecule has 0 amide bonds. The van der Waals surface area contributed by atoms with Crippen LogP contribution in [0.3, 0.4) is 0 Å². The molecule has 170 valence electrons. The van der Waals surface area contributed by atoms with E-state index < -0.39 is 0 Å². The highest BCUT2D eigenvalue weighted by Crippen LogP contribution is 2.40. The number of likely N-dealkylation sites (tertiary alicyclic amines) is 1. The van der Waals surface area contributed by atoms with E-state index in [-0.39, 0.29) is 0 Å². The van der Waals surface area contributed by atoms with Gasteiger partial charge in [0.05, 0.1) is 24.4 Å². The van der Waals surface area contributed by atoms with Crippen LogP contribution in [0.15, 0.2) is 30.5 Å². The Morgan fingerprint density at radius 3 is 2.79 bits per heavy atom. The molecule has 0 bridgehead atoms. The van der Waals surface area contributed by atoms with E-state index in [9.17, 15) is 0 Å². The molecule has 1 saturated carbocycles. The van der Waals surface area contributed by atoms with Crippen LogP contribution < -0.4 is 5.32 Å². The van der Waals surface area contributed by atoms with E-state index >= 15 is 0 Å². The topological polar surface area (TPSA) is 72.5 Å². The third-order valence-electron chi connectivity index (χ3n) is 7.52. The lowest BCUT2D eigenvalue weighted by Crippen LogP contribution is -2.30. The molecule has 33 heavy (non-hydrogen) atoms. The van der Waals surface area contributed by atoms with Crippen LogP contribution >= 0.6 is 0 Å². The van der Waals surface area contributed by atoms with Gasteiger partial charge in [-0.2, -0.15) is 10.2 Å². The first-order valence-electron chi connectivity index (χ1n) is 11.9. The summed E-state index contributed by atoms with van der Waals surface area (Å²) in [6.45, 7) is 13.1. The molecule has 1 N–H and O–H groups in total. The van der Waals surface area contributed by atoms with E-state index in [4.69, 9.17) is 11.3 Å². The molecule has 0 radical (unpaired) electrons. The Morgan fingerprint density at radius 1 is 1.18 bits per heavy atom. The third-order valence-corrected chi connectivity index (χ3v) is 7.52. The maximum atomic E-state index is 7.70. The summed E-state index contributed by atoms with van der Waals surface area (Å²) in [6, 6.07) is 8.23. The van der Waals surface area contributed by atoms with Crippen LogP contribution in [0.2, 0.25) is 0 Å². The number of benzene rings is 1. The van der Waals surface area contributed by atoms with Gasteiger partial charge in [0, 0.05) is 56.5 Å². The quantitative estimate of drug-likeness (QED) is 0.606. The SMILES string of the molecule is [C-]#[N+]c1cc(-c2ccc3nn(C)cc3c2)nnc1NC1C[C@@H]2CN(C[C@@H]3CCOC3)C[C@@H]2C1. The van der Waals surface area contributed by atoms with Crippen molar-refractivity contribution in [1.82, 2.24) is 24.9 Å². The fourth-order valence-corrected chi connectivity index (χ4v) is 5.97. The Bertz CT molecular complexity index is 1200. The number of fused-ring (bicyclic) bond motifs is 2. The summed E-state index contributed by atoms with van der Waals surface area (Å²) >= 11 is 0. The molecule has 1 aliphatic carbocycles. The van der Waals surface area contributed by atoms with Crippen LogP contribution in [0.5, 0.6) is 0 Å². The largest absolute Gasteiger partial charge is 0.381 e. The molecule has 3 fully saturated rings. The van der Waals surface area contributed by atoms with Crippen molar-refractivity contribution in [2.45, 2.75) is 25.3 Å². The molecule has 0 spiro atoms. The summed E-state index contributed by atoms with van der Waals surface area (Å²) in [7, 11) is 1.91. The zero-order chi connectivity index (χ0) is 22.4. The van der Waals surface area contributed by atoms with Gasteiger partial charge in [-0.25, -0.2) is 4.85 Å². The number of hydrogen-bond acceptors (Lipinski definition) is 6. The molecular formula is C25H29N7O. The molecule has 3 aliphatic rings. The van der Waals surface area contributed by atoms with Gasteiger partial charge in [0.2, 0.25) is 5.69 Å². The highest BCUT2D eigenvalue weighted by molar-refractivity contribution is 5.84. The first-order valence-corrected chi connectivity index (χ1v) is 11.9. The fourth-order valence-electron chi connectivity index (χ4n) is 5.97. The van der Waals surface area contributed by atoms with E-state index in [2.05, 4.69) is 36.4 Å². The predicted molar refractivity (Wildman–Crippen MR) is 127 cm³/mol. The molecule has 8 heteroatoms. The molecule has 6 rings (SSSR count). The van der Waals surface area contributed by atoms with Crippen molar-refractivity contribution in [3.05, 3.63) is 41.9 Å². The molecule has 8 nitrogen and oxygen atoms in total. The molecule has 1 unspecified atom stereocenters. The average Bonchev–Trinajstić information content (AvgIpc) is 3.58. The number of aryl methyl sites for hydroxylation is 1. The lowest BCUT2D eigenvalue weighted by atomic mass is 10.0. The second-order valence-corrected chi connectivity index (χ2v) is 9.93. The maximum absolute atomic E-state index is 7.70. The van der Waals surface area contributed by atoms with Crippen molar-refractivity contribution in [2.75, 3.05) is 38.2 Å². The van der Waals surface area contributed by atoms with E-state index in [1.165, 1.54) is 26.1 Å². The van der Waals surface area contributed by atoms with Crippen molar-refractivity contribution >= 4 is 22.4 Å². The molecule has 1 aromatic carbocycles. The molecule has 4 atom stereocenters. The Hall–Kier alpha value is -3.02. The van der Waals surface area contributed by atoms with Gasteiger partial charge < -0.3 is 15.0 Å². The maximum Gasteiger partial charge on any atom is 0.232 e. The minimum absolute atomic E-state index is 0.365. The second kappa shape index (κ2) is 8.40. The van der Waals surface area contributed by atoms with Crippen molar-refractivity contribution in [2.24, 2.45) is 24.8 Å². The molecule has 4 heterocycles. The van der Waals surface area contributed by atoms with Gasteiger partial charge in [-0.3, -0.25) is 4.68 Å². The highest BCUT2D eigenvalue weighted by Gasteiger charge is 2.41. The van der Waals surface area contributed by atoms with Crippen molar-refractivity contribution in [1.29, 1.82) is 0 Å². The van der Waals surface area contributed by atoms with E-state index in [0.29, 0.717) is 29.2 Å². The van der Waals surface area contributed by atoms with Gasteiger partial charge in [-0.15, -0.1) is 5.10 Å². The fraction of sp³-hybridized carbons (Fsp3) is 0.520. The smallest absolute Gasteiger partial charge is 0.232 e. The van der Waals surface area contributed by atoms with Crippen LogP contribution in [0.25, 0.3) is 27.0 Å². The van der Waals surface area contributed by atoms with Crippen LogP contribution in [0.4, 0.5) is 11.5 Å². The Kier molecular flexibility index (Phi) is 5.24. The van der Waals surface area contributed by atoms with Gasteiger partial charge in [0.25, 0.3) is 0 Å². The van der Waals surface area contributed by atoms with Gasteiger partial charge >= 0.3 is 0 Å². The third kappa shape index (κ3) is 4.07. The summed E-state index contributed by atoms with van der Waals surface area (Å²) < 4.78 is 7.35. The van der Waals surface area contributed by atoms with Gasteiger partial charge in [0.1, 0.15) is 0 Å². The molecular weight excluding hydrogens is 414 g/mol. The van der Waals surface area contributed by atoms with Crippen molar-refractivity contribution in [3.8, 4) is 11.3 Å². The second-order valence-electron chi connectivity index (χ2n) is 9.93. The first kappa shape index (κ1) is 20.6. The van der Waals surface area contributed by atoms with E-state index in [1.54, 1.807) is 4.68 Å². The summed E-state index contributed by atoms with van der Waals surface area (Å²) in [5.74, 6) is 2.80. The number of rotatable bonds is 5. The number of ether oxygens (including phenoxy) is 1. The lowest BCUT2D eigenvalue weighted by Gasteiger charge is -2.22. The van der Waals surface area contributed by atoms with Crippen molar-refractivity contribution in [3.63, 3.8) is 0 Å². The van der Waals surface area contributed by atoms with Crippen LogP contribution in [-0.4, -0.2) is 63.8 Å². The lowest BCUT2D eigenvalue weighted by molar-refractivity contribution is 0.171. The number of nitrogens with zero attached hydrogens (tertiary/aromatic N) is 6. The Morgan fingerprint density at radius 2 is 2.03 bits per heavy atom. The minimum Gasteiger partial charge on any atom is -0.381 e. The first-order chi connectivity index (χ1) is 16.1. The number of nitrogens with one attached hydrogen (secondary N) is 1. The monoisotopic (exact) mass is 443 g/mol. The summed E-state index contributed by atoms with van der Waals surface area (Å²) in [4.78, 5) is 6.40. The zero-order valence-corrected chi connectivity index (χ0v) is 18.9. The molecule has 2 aromatic heterocycles. The Balaban J connectivity index is 1.12. The molecule has 2 saturated heterocycles. The standard InChI is InChI=1S/C25H29N7O/c1-26-24-10-23(17-3-4-22-20(7-17)12-31(2)30-22)28-29-25(24)27-21-8-18-13-32(14-19(18)9-21)11-16-5-6-33-15-16/h3-4,7,10,12,16,18-19,21H,5-6,8-9,11,13-15H2,2H3,(H,27,29)/t16-,18-,19+,21?/m0/s1. The van der Waals surface area contributed by atoms with Crippen LogP contribution in [-0.2, 0) is 11.8 Å². The summed E-state index contributed by atoms with van der Waals surface area (Å²) in [5, 5.41) is 17.9. The van der Waals surface area contributed by atoms with E-state index in [0.717, 1.165) is 54.4 Å². The predicted octanol–water partition coefficient (Wildman–Crippen LogP) is 3.74. The average molecular weight is 444 g/mol. The normalized spacial score (nSPS) is 27.2. The number of hydrogen-bond donors (Lipinski definition) is 1. The number of anilines is 1. The minimum atomic E-state index is 0.365. The molecule has 3 aromatic rings.